The SMILES string of the molecule is CCCn1ccnc1CNC1CCCC1SCC. The maximum atomic E-state index is 4.46. The van der Waals surface area contributed by atoms with Crippen LogP contribution in [0.5, 0.6) is 0 Å². The van der Waals surface area contributed by atoms with Crippen LogP contribution in [-0.2, 0) is 13.1 Å². The van der Waals surface area contributed by atoms with E-state index in [1.54, 1.807) is 0 Å². The third kappa shape index (κ3) is 3.51. The summed E-state index contributed by atoms with van der Waals surface area (Å²) in [4.78, 5) is 4.46. The Morgan fingerprint density at radius 3 is 3.11 bits per heavy atom. The highest BCUT2D eigenvalue weighted by Gasteiger charge is 2.26. The predicted molar refractivity (Wildman–Crippen MR) is 78.9 cm³/mol. The van der Waals surface area contributed by atoms with Gasteiger partial charge in [-0.2, -0.15) is 11.8 Å². The molecule has 3 nitrogen and oxygen atoms in total. The highest BCUT2D eigenvalue weighted by atomic mass is 32.2. The average Bonchev–Trinajstić information content (AvgIpc) is 2.97. The van der Waals surface area contributed by atoms with Crippen LogP contribution >= 0.6 is 11.8 Å². The Morgan fingerprint density at radius 2 is 2.33 bits per heavy atom. The van der Waals surface area contributed by atoms with Crippen LogP contribution < -0.4 is 5.32 Å². The van der Waals surface area contributed by atoms with Crippen molar-refractivity contribution in [1.29, 1.82) is 0 Å². The Morgan fingerprint density at radius 1 is 1.44 bits per heavy atom. The fourth-order valence-corrected chi connectivity index (χ4v) is 3.97. The second kappa shape index (κ2) is 7.19. The van der Waals surface area contributed by atoms with Crippen molar-refractivity contribution in [3.63, 3.8) is 0 Å². The molecule has 1 aliphatic rings. The molecule has 2 atom stereocenters. The van der Waals surface area contributed by atoms with Crippen molar-refractivity contribution < 1.29 is 0 Å². The molecule has 1 fully saturated rings. The molecule has 102 valence electrons. The lowest BCUT2D eigenvalue weighted by atomic mass is 10.2. The Bertz CT molecular complexity index is 351. The van der Waals surface area contributed by atoms with Crippen molar-refractivity contribution in [1.82, 2.24) is 14.9 Å². The van der Waals surface area contributed by atoms with Gasteiger partial charge in [-0.15, -0.1) is 0 Å². The van der Waals surface area contributed by atoms with Crippen molar-refractivity contribution in [3.05, 3.63) is 18.2 Å². The third-order valence-corrected chi connectivity index (χ3v) is 4.95. The third-order valence-electron chi connectivity index (χ3n) is 3.62. The number of hydrogen-bond acceptors (Lipinski definition) is 3. The summed E-state index contributed by atoms with van der Waals surface area (Å²) >= 11 is 2.11. The molecule has 2 unspecified atom stereocenters. The minimum absolute atomic E-state index is 0.682. The minimum atomic E-state index is 0.682. The summed E-state index contributed by atoms with van der Waals surface area (Å²) in [5, 5.41) is 4.52. The van der Waals surface area contributed by atoms with Gasteiger partial charge in [0.2, 0.25) is 0 Å². The zero-order chi connectivity index (χ0) is 12.8. The molecule has 4 heteroatoms. The van der Waals surface area contributed by atoms with Crippen molar-refractivity contribution in [2.45, 2.75) is 63.9 Å². The van der Waals surface area contributed by atoms with E-state index in [-0.39, 0.29) is 0 Å². The number of hydrogen-bond donors (Lipinski definition) is 1. The van der Waals surface area contributed by atoms with Crippen molar-refractivity contribution in [2.75, 3.05) is 5.75 Å². The molecular formula is C14H25N3S. The average molecular weight is 267 g/mol. The quantitative estimate of drug-likeness (QED) is 0.823. The molecule has 0 aliphatic heterocycles. The molecule has 1 heterocycles. The molecule has 1 N–H and O–H groups in total. The largest absolute Gasteiger partial charge is 0.334 e. The van der Waals surface area contributed by atoms with Crippen LogP contribution in [0.2, 0.25) is 0 Å². The fourth-order valence-electron chi connectivity index (χ4n) is 2.75. The molecule has 0 saturated heterocycles. The maximum Gasteiger partial charge on any atom is 0.122 e. The van der Waals surface area contributed by atoms with Gasteiger partial charge < -0.3 is 9.88 Å². The van der Waals surface area contributed by atoms with Gasteiger partial charge in [-0.25, -0.2) is 4.98 Å². The Labute approximate surface area is 115 Å². The first-order chi connectivity index (χ1) is 8.85. The first-order valence-electron chi connectivity index (χ1n) is 7.20. The van der Waals surface area contributed by atoms with Crippen LogP contribution in [0.15, 0.2) is 12.4 Å². The number of nitrogens with one attached hydrogen (secondary N) is 1. The summed E-state index contributed by atoms with van der Waals surface area (Å²) in [5.74, 6) is 2.41. The lowest BCUT2D eigenvalue weighted by Crippen LogP contribution is -2.34. The topological polar surface area (TPSA) is 29.9 Å². The van der Waals surface area contributed by atoms with Gasteiger partial charge in [0.25, 0.3) is 0 Å². The molecule has 18 heavy (non-hydrogen) atoms. The monoisotopic (exact) mass is 267 g/mol. The van der Waals surface area contributed by atoms with Gasteiger partial charge in [-0.1, -0.05) is 20.3 Å². The van der Waals surface area contributed by atoms with Crippen molar-refractivity contribution in [2.24, 2.45) is 0 Å². The first kappa shape index (κ1) is 13.9. The van der Waals surface area contributed by atoms with E-state index < -0.39 is 0 Å². The van der Waals surface area contributed by atoms with Gasteiger partial charge in [0.05, 0.1) is 6.54 Å². The van der Waals surface area contributed by atoms with Gasteiger partial charge in [0.15, 0.2) is 0 Å². The number of nitrogens with zero attached hydrogens (tertiary/aromatic N) is 2. The van der Waals surface area contributed by atoms with E-state index in [1.165, 1.54) is 37.3 Å². The van der Waals surface area contributed by atoms with Crippen molar-refractivity contribution in [3.8, 4) is 0 Å². The van der Waals surface area contributed by atoms with Gasteiger partial charge >= 0.3 is 0 Å². The van der Waals surface area contributed by atoms with E-state index in [0.717, 1.165) is 18.3 Å². The number of rotatable bonds is 7. The molecule has 2 rings (SSSR count). The van der Waals surface area contributed by atoms with Gasteiger partial charge in [0, 0.05) is 30.2 Å². The summed E-state index contributed by atoms with van der Waals surface area (Å²) in [6, 6.07) is 0.682. The zero-order valence-electron chi connectivity index (χ0n) is 11.6. The molecular weight excluding hydrogens is 242 g/mol. The highest BCUT2D eigenvalue weighted by molar-refractivity contribution is 7.99. The second-order valence-electron chi connectivity index (χ2n) is 4.95. The molecule has 0 bridgehead atoms. The number of imidazole rings is 1. The predicted octanol–water partition coefficient (Wildman–Crippen LogP) is 3.06. The lowest BCUT2D eigenvalue weighted by molar-refractivity contribution is 0.504. The highest BCUT2D eigenvalue weighted by Crippen LogP contribution is 2.29. The summed E-state index contributed by atoms with van der Waals surface area (Å²) in [6.07, 6.45) is 9.25. The van der Waals surface area contributed by atoms with Gasteiger partial charge in [-0.3, -0.25) is 0 Å². The molecule has 1 aromatic heterocycles. The normalized spacial score (nSPS) is 23.7. The molecule has 1 saturated carbocycles. The van der Waals surface area contributed by atoms with E-state index in [0.29, 0.717) is 6.04 Å². The van der Waals surface area contributed by atoms with E-state index in [1.807, 2.05) is 6.20 Å². The van der Waals surface area contributed by atoms with E-state index in [2.05, 4.69) is 46.7 Å². The summed E-state index contributed by atoms with van der Waals surface area (Å²) < 4.78 is 2.27. The maximum absolute atomic E-state index is 4.46. The molecule has 1 aliphatic carbocycles. The number of aromatic nitrogens is 2. The fraction of sp³-hybridized carbons (Fsp3) is 0.786. The number of thioether (sulfide) groups is 1. The lowest BCUT2D eigenvalue weighted by Gasteiger charge is -2.20. The Balaban J connectivity index is 1.84. The van der Waals surface area contributed by atoms with Crippen LogP contribution in [0, 0.1) is 0 Å². The molecule has 0 radical (unpaired) electrons. The Kier molecular flexibility index (Phi) is 5.57. The standard InChI is InChI=1S/C14H25N3S/c1-3-9-17-10-8-15-14(17)11-16-12-6-5-7-13(12)18-4-2/h8,10,12-13,16H,3-7,9,11H2,1-2H3. The zero-order valence-corrected chi connectivity index (χ0v) is 12.4. The van der Waals surface area contributed by atoms with Crippen LogP contribution in [0.4, 0.5) is 0 Å². The second-order valence-corrected chi connectivity index (χ2v) is 6.47. The summed E-state index contributed by atoms with van der Waals surface area (Å²) in [7, 11) is 0. The van der Waals surface area contributed by atoms with E-state index in [4.69, 9.17) is 0 Å². The number of aryl methyl sites for hydroxylation is 1. The Hall–Kier alpha value is -0.480. The smallest absolute Gasteiger partial charge is 0.122 e. The van der Waals surface area contributed by atoms with Crippen LogP contribution in [0.25, 0.3) is 0 Å². The summed E-state index contributed by atoms with van der Waals surface area (Å²) in [5.41, 5.74) is 0. The van der Waals surface area contributed by atoms with E-state index >= 15 is 0 Å². The van der Waals surface area contributed by atoms with Crippen LogP contribution in [-0.4, -0.2) is 26.6 Å². The van der Waals surface area contributed by atoms with Gasteiger partial charge in [-0.05, 0) is 25.0 Å². The van der Waals surface area contributed by atoms with E-state index in [9.17, 15) is 0 Å². The first-order valence-corrected chi connectivity index (χ1v) is 8.25. The molecule has 0 aromatic carbocycles. The molecule has 1 aromatic rings. The van der Waals surface area contributed by atoms with Crippen LogP contribution in [0.1, 0.15) is 45.4 Å². The van der Waals surface area contributed by atoms with Crippen LogP contribution in [0.3, 0.4) is 0 Å². The minimum Gasteiger partial charge on any atom is -0.334 e. The van der Waals surface area contributed by atoms with Crippen molar-refractivity contribution >= 4 is 11.8 Å². The molecule has 0 spiro atoms. The summed E-state index contributed by atoms with van der Waals surface area (Å²) in [6.45, 7) is 6.46. The molecule has 0 amide bonds. The van der Waals surface area contributed by atoms with Gasteiger partial charge in [0.1, 0.15) is 5.82 Å².